The molecule has 8 heteroatoms. The van der Waals surface area contributed by atoms with Crippen LogP contribution in [0.15, 0.2) is 41.1 Å². The summed E-state index contributed by atoms with van der Waals surface area (Å²) in [7, 11) is 3.87. The van der Waals surface area contributed by atoms with E-state index in [9.17, 15) is 4.79 Å². The summed E-state index contributed by atoms with van der Waals surface area (Å²) < 4.78 is 7.54. The van der Waals surface area contributed by atoms with E-state index in [1.807, 2.05) is 75.6 Å². The van der Waals surface area contributed by atoms with Crippen molar-refractivity contribution in [2.75, 3.05) is 19.0 Å². The van der Waals surface area contributed by atoms with E-state index in [-0.39, 0.29) is 11.9 Å². The fourth-order valence-corrected chi connectivity index (χ4v) is 3.70. The minimum absolute atomic E-state index is 0.111. The highest BCUT2D eigenvalue weighted by molar-refractivity contribution is 6.06. The maximum Gasteiger partial charge on any atom is 0.252 e. The molecule has 4 rings (SSSR count). The number of pyridine rings is 2. The molecule has 1 amide bonds. The lowest BCUT2D eigenvalue weighted by Gasteiger charge is -2.13. The molecule has 8 nitrogen and oxygen atoms in total. The zero-order valence-electron chi connectivity index (χ0n) is 19.3. The van der Waals surface area contributed by atoms with Gasteiger partial charge in [-0.05, 0) is 57.5 Å². The van der Waals surface area contributed by atoms with Gasteiger partial charge in [0.2, 0.25) is 0 Å². The summed E-state index contributed by atoms with van der Waals surface area (Å²) in [6.45, 7) is 8.28. The van der Waals surface area contributed by atoms with Gasteiger partial charge in [-0.15, -0.1) is 0 Å². The maximum absolute atomic E-state index is 13.3. The summed E-state index contributed by atoms with van der Waals surface area (Å²) in [5, 5.41) is 8.25. The zero-order valence-corrected chi connectivity index (χ0v) is 19.3. The normalized spacial score (nSPS) is 11.3. The lowest BCUT2D eigenvalue weighted by Crippen LogP contribution is -2.23. The first-order valence-electron chi connectivity index (χ1n) is 10.6. The summed E-state index contributed by atoms with van der Waals surface area (Å²) >= 11 is 0. The van der Waals surface area contributed by atoms with Gasteiger partial charge in [-0.25, -0.2) is 14.6 Å². The van der Waals surface area contributed by atoms with Gasteiger partial charge < -0.3 is 14.6 Å². The molecule has 0 saturated heterocycles. The van der Waals surface area contributed by atoms with Crippen LogP contribution in [0.4, 0.5) is 5.82 Å². The molecular weight excluding hydrogens is 404 g/mol. The summed E-state index contributed by atoms with van der Waals surface area (Å²) in [6.07, 6.45) is 3.46. The minimum atomic E-state index is -0.178. The van der Waals surface area contributed by atoms with Crippen LogP contribution in [0.3, 0.4) is 0 Å². The number of aryl methyl sites for hydroxylation is 2. The Balaban J connectivity index is 1.73. The second kappa shape index (κ2) is 8.45. The molecule has 0 bridgehead atoms. The first-order valence-corrected chi connectivity index (χ1v) is 10.6. The molecule has 4 aromatic heterocycles. The number of nitrogens with zero attached hydrogens (tertiary/aromatic N) is 5. The van der Waals surface area contributed by atoms with Crippen molar-refractivity contribution < 1.29 is 9.21 Å². The van der Waals surface area contributed by atoms with Crippen LogP contribution in [-0.4, -0.2) is 39.8 Å². The van der Waals surface area contributed by atoms with Gasteiger partial charge in [0.25, 0.3) is 5.91 Å². The van der Waals surface area contributed by atoms with Crippen LogP contribution in [0.25, 0.3) is 22.3 Å². The second-order valence-electron chi connectivity index (χ2n) is 8.40. The van der Waals surface area contributed by atoms with Crippen molar-refractivity contribution >= 4 is 22.8 Å². The van der Waals surface area contributed by atoms with E-state index < -0.39 is 0 Å². The molecule has 0 spiro atoms. The van der Waals surface area contributed by atoms with Gasteiger partial charge in [0.1, 0.15) is 17.3 Å². The number of amides is 1. The maximum atomic E-state index is 13.3. The molecule has 0 aliphatic heterocycles. The molecule has 4 heterocycles. The van der Waals surface area contributed by atoms with Crippen molar-refractivity contribution in [2.24, 2.45) is 0 Å². The van der Waals surface area contributed by atoms with Gasteiger partial charge in [-0.2, -0.15) is 5.10 Å². The molecule has 0 aliphatic carbocycles. The first kappa shape index (κ1) is 21.5. The average Bonchev–Trinajstić information content (AvgIpc) is 3.33. The number of aromatic nitrogens is 4. The van der Waals surface area contributed by atoms with E-state index in [1.165, 1.54) is 0 Å². The third-order valence-electron chi connectivity index (χ3n) is 5.34. The third-order valence-corrected chi connectivity index (χ3v) is 5.34. The summed E-state index contributed by atoms with van der Waals surface area (Å²) in [5.41, 5.74) is 3.76. The van der Waals surface area contributed by atoms with Crippen molar-refractivity contribution in [1.82, 2.24) is 25.1 Å². The van der Waals surface area contributed by atoms with Crippen molar-refractivity contribution in [2.45, 2.75) is 40.3 Å². The van der Waals surface area contributed by atoms with E-state index in [1.54, 1.807) is 12.4 Å². The van der Waals surface area contributed by atoms with Gasteiger partial charge in [-0.1, -0.05) is 0 Å². The molecule has 0 aliphatic rings. The zero-order chi connectivity index (χ0) is 23.0. The smallest absolute Gasteiger partial charge is 0.252 e. The molecule has 166 valence electrons. The Morgan fingerprint density at radius 3 is 2.66 bits per heavy atom. The van der Waals surface area contributed by atoms with Crippen LogP contribution in [-0.2, 0) is 6.54 Å². The topological polar surface area (TPSA) is 89.1 Å². The molecule has 0 saturated carbocycles. The highest BCUT2D eigenvalue weighted by atomic mass is 16.3. The largest absolute Gasteiger partial charge is 0.466 e. The summed E-state index contributed by atoms with van der Waals surface area (Å²) in [5.74, 6) is 2.24. The molecule has 32 heavy (non-hydrogen) atoms. The van der Waals surface area contributed by atoms with Crippen molar-refractivity contribution in [1.29, 1.82) is 0 Å². The molecule has 0 atom stereocenters. The quantitative estimate of drug-likeness (QED) is 0.489. The number of carbonyl (C=O) groups is 1. The number of carbonyl (C=O) groups excluding carboxylic acids is 1. The first-order chi connectivity index (χ1) is 15.2. The van der Waals surface area contributed by atoms with Crippen LogP contribution < -0.4 is 10.2 Å². The third kappa shape index (κ3) is 4.08. The monoisotopic (exact) mass is 432 g/mol. The van der Waals surface area contributed by atoms with E-state index >= 15 is 0 Å². The Hall–Kier alpha value is -3.68. The molecule has 0 aromatic carbocycles. The number of nitrogens with one attached hydrogen (secondary N) is 1. The fourth-order valence-electron chi connectivity index (χ4n) is 3.70. The molecule has 0 radical (unpaired) electrons. The Kier molecular flexibility index (Phi) is 5.69. The van der Waals surface area contributed by atoms with Crippen LogP contribution in [0, 0.1) is 13.8 Å². The Morgan fingerprint density at radius 1 is 1.22 bits per heavy atom. The SMILES string of the molecule is Cc1cc(-c2cc(C(=O)NCc3ccnc(N(C)C)c3)c3cnn(C(C)C)c3n2)c(C)o1. The number of hydrogen-bond acceptors (Lipinski definition) is 6. The molecule has 0 fully saturated rings. The summed E-state index contributed by atoms with van der Waals surface area (Å²) in [4.78, 5) is 24.4. The number of anilines is 1. The van der Waals surface area contributed by atoms with Gasteiger partial charge in [0.15, 0.2) is 5.65 Å². The minimum Gasteiger partial charge on any atom is -0.466 e. The number of fused-ring (bicyclic) bond motifs is 1. The molecule has 0 unspecified atom stereocenters. The van der Waals surface area contributed by atoms with E-state index in [2.05, 4.69) is 15.4 Å². The highest BCUT2D eigenvalue weighted by Crippen LogP contribution is 2.30. The van der Waals surface area contributed by atoms with Gasteiger partial charge in [-0.3, -0.25) is 4.79 Å². The van der Waals surface area contributed by atoms with Crippen molar-refractivity contribution in [3.8, 4) is 11.3 Å². The number of hydrogen-bond donors (Lipinski definition) is 1. The van der Waals surface area contributed by atoms with Crippen LogP contribution in [0.1, 0.15) is 47.3 Å². The summed E-state index contributed by atoms with van der Waals surface area (Å²) in [6, 6.07) is 7.73. The Morgan fingerprint density at radius 2 is 2.00 bits per heavy atom. The molecular formula is C24H28N6O2. The lowest BCUT2D eigenvalue weighted by atomic mass is 10.1. The van der Waals surface area contributed by atoms with Crippen LogP contribution >= 0.6 is 0 Å². The predicted octanol–water partition coefficient (Wildman–Crippen LogP) is 4.28. The average molecular weight is 433 g/mol. The van der Waals surface area contributed by atoms with E-state index in [4.69, 9.17) is 9.40 Å². The van der Waals surface area contributed by atoms with Crippen molar-refractivity contribution in [3.05, 3.63) is 59.3 Å². The standard InChI is InChI=1S/C24H28N6O2/c1-14(2)30-23-20(13-27-30)19(11-21(28-23)18-9-15(3)32-16(18)4)24(31)26-12-17-7-8-25-22(10-17)29(5)6/h7-11,13-14H,12H2,1-6H3,(H,26,31). The van der Waals surface area contributed by atoms with Crippen molar-refractivity contribution in [3.63, 3.8) is 0 Å². The molecule has 1 N–H and O–H groups in total. The van der Waals surface area contributed by atoms with Gasteiger partial charge in [0.05, 0.1) is 22.8 Å². The fraction of sp³-hybridized carbons (Fsp3) is 0.333. The van der Waals surface area contributed by atoms with Gasteiger partial charge in [0, 0.05) is 38.4 Å². The Labute approximate surface area is 187 Å². The molecule has 4 aromatic rings. The number of furan rings is 1. The second-order valence-corrected chi connectivity index (χ2v) is 8.40. The highest BCUT2D eigenvalue weighted by Gasteiger charge is 2.20. The van der Waals surface area contributed by atoms with Gasteiger partial charge >= 0.3 is 0 Å². The Bertz CT molecular complexity index is 1290. The van der Waals surface area contributed by atoms with Crippen LogP contribution in [0.2, 0.25) is 0 Å². The number of rotatable bonds is 6. The van der Waals surface area contributed by atoms with E-state index in [0.29, 0.717) is 23.4 Å². The van der Waals surface area contributed by atoms with E-state index in [0.717, 1.165) is 33.9 Å². The lowest BCUT2D eigenvalue weighted by molar-refractivity contribution is 0.0952. The van der Waals surface area contributed by atoms with Crippen LogP contribution in [0.5, 0.6) is 0 Å². The predicted molar refractivity (Wildman–Crippen MR) is 125 cm³/mol.